The molecule has 3 aromatic rings. The Labute approximate surface area is 259 Å². The minimum absolute atomic E-state index is 0.0158. The largest absolute Gasteiger partial charge is 0.486 e. The van der Waals surface area contributed by atoms with E-state index in [9.17, 15) is 36.3 Å². The highest BCUT2D eigenvalue weighted by atomic mass is 32.2. The van der Waals surface area contributed by atoms with E-state index in [-0.39, 0.29) is 47.3 Å². The Hall–Kier alpha value is -4.14. The number of hydrogen-bond acceptors (Lipinski definition) is 6. The van der Waals surface area contributed by atoms with Crippen molar-refractivity contribution in [2.75, 3.05) is 37.4 Å². The molecule has 242 valence electrons. The number of likely N-dealkylation sites (N-methyl/N-ethyl adjacent to an activating group) is 1. The summed E-state index contributed by atoms with van der Waals surface area (Å²) in [6.07, 6.45) is -5.34. The van der Waals surface area contributed by atoms with Gasteiger partial charge in [0.1, 0.15) is 6.10 Å². The van der Waals surface area contributed by atoms with Crippen LogP contribution in [-0.4, -0.2) is 73.6 Å². The second-order valence-corrected chi connectivity index (χ2v) is 13.1. The van der Waals surface area contributed by atoms with Crippen molar-refractivity contribution in [2.24, 2.45) is 5.92 Å². The summed E-state index contributed by atoms with van der Waals surface area (Å²) in [5, 5.41) is 14.9. The molecule has 0 saturated heterocycles. The number of para-hydroxylation sites is 1. The third-order valence-electron chi connectivity index (χ3n) is 7.58. The van der Waals surface area contributed by atoms with Gasteiger partial charge in [-0.2, -0.15) is 17.5 Å². The highest BCUT2D eigenvalue weighted by Gasteiger charge is 2.36. The Kier molecular flexibility index (Phi) is 10.1. The summed E-state index contributed by atoms with van der Waals surface area (Å²) in [7, 11) is -2.49. The number of fused-ring (bicyclic) bond motifs is 1. The van der Waals surface area contributed by atoms with Crippen molar-refractivity contribution in [1.82, 2.24) is 9.21 Å². The van der Waals surface area contributed by atoms with Crippen LogP contribution in [0.25, 0.3) is 0 Å². The molecule has 3 aromatic carbocycles. The zero-order valence-electron chi connectivity index (χ0n) is 25.1. The van der Waals surface area contributed by atoms with Gasteiger partial charge in [-0.05, 0) is 62.4 Å². The molecule has 14 heteroatoms. The Morgan fingerprint density at radius 3 is 2.33 bits per heavy atom. The Morgan fingerprint density at radius 1 is 1.09 bits per heavy atom. The van der Waals surface area contributed by atoms with Crippen molar-refractivity contribution < 1.29 is 41.0 Å². The number of sulfonamides is 1. The number of aliphatic hydroxyl groups is 1. The number of hydrogen-bond donors (Lipinski definition) is 3. The van der Waals surface area contributed by atoms with Crippen LogP contribution in [0.5, 0.6) is 5.75 Å². The minimum Gasteiger partial charge on any atom is -0.486 e. The quantitative estimate of drug-likeness (QED) is 0.308. The van der Waals surface area contributed by atoms with Crippen LogP contribution in [0.4, 0.5) is 29.3 Å². The van der Waals surface area contributed by atoms with Crippen LogP contribution in [0.3, 0.4) is 0 Å². The lowest BCUT2D eigenvalue weighted by Crippen LogP contribution is -2.50. The molecule has 0 bridgehead atoms. The van der Waals surface area contributed by atoms with Gasteiger partial charge in [-0.15, -0.1) is 0 Å². The minimum atomic E-state index is -4.53. The summed E-state index contributed by atoms with van der Waals surface area (Å²) in [5.74, 6) is -0.914. The number of carbonyl (C=O) groups is 2. The lowest BCUT2D eigenvalue weighted by molar-refractivity contribution is -0.137. The Balaban J connectivity index is 1.65. The fourth-order valence-corrected chi connectivity index (χ4v) is 6.01. The first-order valence-electron chi connectivity index (χ1n) is 14.1. The van der Waals surface area contributed by atoms with Gasteiger partial charge in [0.2, 0.25) is 10.0 Å². The molecule has 3 atom stereocenters. The molecule has 0 unspecified atom stereocenters. The molecular weight excluding hydrogens is 613 g/mol. The van der Waals surface area contributed by atoms with Gasteiger partial charge in [0.25, 0.3) is 5.91 Å². The molecule has 1 aliphatic heterocycles. The van der Waals surface area contributed by atoms with Crippen molar-refractivity contribution in [3.63, 3.8) is 0 Å². The van der Waals surface area contributed by atoms with E-state index in [1.165, 1.54) is 42.3 Å². The summed E-state index contributed by atoms with van der Waals surface area (Å²) in [5.41, 5.74) is 0.263. The predicted molar refractivity (Wildman–Crippen MR) is 163 cm³/mol. The zero-order chi connectivity index (χ0) is 33.1. The molecule has 0 radical (unpaired) electrons. The van der Waals surface area contributed by atoms with Crippen molar-refractivity contribution >= 4 is 33.3 Å². The molecule has 1 aliphatic rings. The van der Waals surface area contributed by atoms with E-state index in [1.54, 1.807) is 26.0 Å². The molecule has 0 aromatic heterocycles. The van der Waals surface area contributed by atoms with E-state index in [0.717, 1.165) is 34.1 Å². The summed E-state index contributed by atoms with van der Waals surface area (Å²) in [4.78, 5) is 28.2. The third-order valence-corrected chi connectivity index (χ3v) is 9.41. The molecule has 0 saturated carbocycles. The van der Waals surface area contributed by atoms with Crippen LogP contribution in [0, 0.1) is 12.8 Å². The average Bonchev–Trinajstić information content (AvgIpc) is 2.98. The fraction of sp³-hybridized carbons (Fsp3) is 0.355. The van der Waals surface area contributed by atoms with Gasteiger partial charge in [0.15, 0.2) is 5.75 Å². The number of alkyl halides is 3. The fourth-order valence-electron chi connectivity index (χ4n) is 4.83. The summed E-state index contributed by atoms with van der Waals surface area (Å²) in [6.45, 7) is 5.02. The number of carbonyl (C=O) groups excluding carboxylic acids is 2. The first kappa shape index (κ1) is 33.7. The van der Waals surface area contributed by atoms with Gasteiger partial charge in [-0.25, -0.2) is 13.2 Å². The smallest absolute Gasteiger partial charge is 0.416 e. The lowest BCUT2D eigenvalue weighted by atomic mass is 9.99. The number of benzene rings is 3. The molecule has 4 rings (SSSR count). The summed E-state index contributed by atoms with van der Waals surface area (Å²) >= 11 is 0. The monoisotopic (exact) mass is 648 g/mol. The van der Waals surface area contributed by atoms with Crippen molar-refractivity contribution in [3.8, 4) is 5.75 Å². The van der Waals surface area contributed by atoms with Gasteiger partial charge in [0.05, 0.1) is 40.9 Å². The summed E-state index contributed by atoms with van der Waals surface area (Å²) in [6, 6.07) is 13.4. The SMILES string of the molecule is Cc1ccc(S(=O)(=O)N(C)C[C@@H]2Oc3c(NC(=O)Nc4ccc(C(F)(F)F)cc4)cccc3C(=O)N([C@H](C)CO)C[C@@H]2C)cc1. The molecule has 0 aliphatic carbocycles. The highest BCUT2D eigenvalue weighted by molar-refractivity contribution is 7.89. The van der Waals surface area contributed by atoms with Gasteiger partial charge in [-0.3, -0.25) is 4.79 Å². The number of nitrogens with zero attached hydrogens (tertiary/aromatic N) is 2. The first-order valence-corrected chi connectivity index (χ1v) is 15.6. The maximum Gasteiger partial charge on any atom is 0.416 e. The van der Waals surface area contributed by atoms with Crippen molar-refractivity contribution in [1.29, 1.82) is 0 Å². The van der Waals surface area contributed by atoms with Crippen LogP contribution in [-0.2, 0) is 16.2 Å². The van der Waals surface area contributed by atoms with Crippen LogP contribution in [0.15, 0.2) is 71.6 Å². The average molecular weight is 649 g/mol. The maximum absolute atomic E-state index is 13.7. The topological polar surface area (TPSA) is 128 Å². The number of urea groups is 1. The van der Waals surface area contributed by atoms with E-state index in [0.29, 0.717) is 0 Å². The summed E-state index contributed by atoms with van der Waals surface area (Å²) < 4.78 is 73.1. The number of aryl methyl sites for hydroxylation is 1. The molecule has 3 amide bonds. The number of rotatable bonds is 8. The van der Waals surface area contributed by atoms with Gasteiger partial charge in [-0.1, -0.05) is 30.7 Å². The molecule has 0 fully saturated rings. The molecular formula is C31H35F3N4O6S. The number of amides is 3. The van der Waals surface area contributed by atoms with E-state index in [2.05, 4.69) is 10.6 Å². The van der Waals surface area contributed by atoms with Gasteiger partial charge < -0.3 is 25.4 Å². The molecule has 1 heterocycles. The van der Waals surface area contributed by atoms with E-state index >= 15 is 0 Å². The Bertz CT molecular complexity index is 1630. The number of nitrogens with one attached hydrogen (secondary N) is 2. The van der Waals surface area contributed by atoms with Crippen LogP contribution in [0.2, 0.25) is 0 Å². The van der Waals surface area contributed by atoms with Crippen LogP contribution >= 0.6 is 0 Å². The molecule has 0 spiro atoms. The molecule has 45 heavy (non-hydrogen) atoms. The predicted octanol–water partition coefficient (Wildman–Crippen LogP) is 5.20. The second-order valence-electron chi connectivity index (χ2n) is 11.1. The number of anilines is 2. The van der Waals surface area contributed by atoms with E-state index in [4.69, 9.17) is 4.74 Å². The van der Waals surface area contributed by atoms with Gasteiger partial charge in [0, 0.05) is 25.2 Å². The van der Waals surface area contributed by atoms with Crippen molar-refractivity contribution in [2.45, 2.75) is 44.0 Å². The van der Waals surface area contributed by atoms with E-state index in [1.807, 2.05) is 6.92 Å². The zero-order valence-corrected chi connectivity index (χ0v) is 25.9. The number of aliphatic hydroxyl groups excluding tert-OH is 1. The number of ether oxygens (including phenoxy) is 1. The number of halogens is 3. The van der Waals surface area contributed by atoms with E-state index < -0.39 is 51.8 Å². The van der Waals surface area contributed by atoms with Gasteiger partial charge >= 0.3 is 12.2 Å². The van der Waals surface area contributed by atoms with Crippen LogP contribution < -0.4 is 15.4 Å². The maximum atomic E-state index is 13.7. The molecule has 3 N–H and O–H groups in total. The first-order chi connectivity index (χ1) is 21.1. The second kappa shape index (κ2) is 13.5. The highest BCUT2D eigenvalue weighted by Crippen LogP contribution is 2.36. The third kappa shape index (κ3) is 7.75. The van der Waals surface area contributed by atoms with Crippen molar-refractivity contribution in [3.05, 3.63) is 83.4 Å². The Morgan fingerprint density at radius 2 is 1.73 bits per heavy atom. The lowest BCUT2D eigenvalue weighted by Gasteiger charge is -2.38. The standard InChI is InChI=1S/C31H35F3N4O6S/c1-19-8-14-24(15-9-19)45(42,43)37(4)17-27-20(2)16-38(21(3)18-39)29(40)25-6-5-7-26(28(25)44-27)36-30(41)35-23-12-10-22(11-13-23)31(32,33)34/h5-15,20-21,27,39H,16-18H2,1-4H3,(H2,35,36,41)/t20-,21+,27-/m0/s1. The molecule has 10 nitrogen and oxygen atoms in total. The normalized spacial score (nSPS) is 18.0. The van der Waals surface area contributed by atoms with Crippen LogP contribution in [0.1, 0.15) is 35.3 Å².